The van der Waals surface area contributed by atoms with Crippen molar-refractivity contribution in [1.82, 2.24) is 9.55 Å². The van der Waals surface area contributed by atoms with Gasteiger partial charge in [-0.3, -0.25) is 4.79 Å². The molecular weight excluding hydrogens is 148 g/mol. The Hall–Kier alpha value is -1.52. The van der Waals surface area contributed by atoms with E-state index in [4.69, 9.17) is 10.2 Å². The summed E-state index contributed by atoms with van der Waals surface area (Å²) in [5, 5.41) is 17.4. The summed E-state index contributed by atoms with van der Waals surface area (Å²) in [5.41, 5.74) is 0.317. The minimum absolute atomic E-state index is 0.206. The van der Waals surface area contributed by atoms with E-state index in [0.29, 0.717) is 5.69 Å². The normalized spacial score (nSPS) is 9.91. The summed E-state index contributed by atoms with van der Waals surface area (Å²) in [7, 11) is 1.63. The maximum atomic E-state index is 10.2. The van der Waals surface area contributed by atoms with Crippen molar-refractivity contribution in [2.45, 2.75) is 6.42 Å². The molecule has 0 aliphatic rings. The molecule has 0 radical (unpaired) electrons. The third-order valence-electron chi connectivity index (χ3n) is 1.36. The maximum Gasteiger partial charge on any atom is 0.309 e. The molecular formula is C6H8N2O3. The quantitative estimate of drug-likeness (QED) is 0.619. The largest absolute Gasteiger partial charge is 0.492 e. The zero-order valence-corrected chi connectivity index (χ0v) is 5.98. The first kappa shape index (κ1) is 7.59. The molecule has 5 nitrogen and oxygen atoms in total. The Morgan fingerprint density at radius 3 is 2.82 bits per heavy atom. The molecule has 0 unspecified atom stereocenters. The lowest BCUT2D eigenvalue weighted by molar-refractivity contribution is -0.136. The fourth-order valence-electron chi connectivity index (χ4n) is 0.790. The van der Waals surface area contributed by atoms with Gasteiger partial charge in [0, 0.05) is 7.05 Å². The molecule has 0 saturated carbocycles. The Bertz CT molecular complexity index is 260. The number of imidazole rings is 1. The van der Waals surface area contributed by atoms with Crippen molar-refractivity contribution in [2.24, 2.45) is 7.05 Å². The van der Waals surface area contributed by atoms with E-state index in [9.17, 15) is 4.79 Å². The summed E-state index contributed by atoms with van der Waals surface area (Å²) in [6.45, 7) is 0. The van der Waals surface area contributed by atoms with Crippen LogP contribution in [0.3, 0.4) is 0 Å². The summed E-state index contributed by atoms with van der Waals surface area (Å²) >= 11 is 0. The van der Waals surface area contributed by atoms with Gasteiger partial charge in [0.2, 0.25) is 5.88 Å². The second-order valence-corrected chi connectivity index (χ2v) is 2.20. The lowest BCUT2D eigenvalue weighted by atomic mass is 10.3. The Kier molecular flexibility index (Phi) is 1.80. The van der Waals surface area contributed by atoms with Crippen LogP contribution in [0.2, 0.25) is 0 Å². The lowest BCUT2D eigenvalue weighted by Gasteiger charge is -1.96. The van der Waals surface area contributed by atoms with Crippen LogP contribution in [-0.4, -0.2) is 25.7 Å². The number of aromatic hydroxyl groups is 1. The zero-order chi connectivity index (χ0) is 8.43. The van der Waals surface area contributed by atoms with E-state index in [0.717, 1.165) is 0 Å². The number of hydrogen-bond acceptors (Lipinski definition) is 3. The first-order chi connectivity index (χ1) is 5.11. The van der Waals surface area contributed by atoms with Crippen LogP contribution in [0.4, 0.5) is 0 Å². The van der Waals surface area contributed by atoms with Crippen molar-refractivity contribution in [1.29, 1.82) is 0 Å². The fraction of sp³-hybridized carbons (Fsp3) is 0.333. The van der Waals surface area contributed by atoms with Crippen LogP contribution in [0.1, 0.15) is 5.69 Å². The SMILES string of the molecule is Cn1cnc(O)c1CC(=O)O. The summed E-state index contributed by atoms with van der Waals surface area (Å²) in [4.78, 5) is 13.7. The van der Waals surface area contributed by atoms with Crippen LogP contribution in [0, 0.1) is 0 Å². The van der Waals surface area contributed by atoms with E-state index in [-0.39, 0.29) is 12.3 Å². The van der Waals surface area contributed by atoms with E-state index in [1.165, 1.54) is 10.9 Å². The molecule has 11 heavy (non-hydrogen) atoms. The molecule has 0 spiro atoms. The number of carbonyl (C=O) groups is 1. The van der Waals surface area contributed by atoms with E-state index in [1.807, 2.05) is 0 Å². The van der Waals surface area contributed by atoms with E-state index >= 15 is 0 Å². The highest BCUT2D eigenvalue weighted by molar-refractivity contribution is 5.70. The third-order valence-corrected chi connectivity index (χ3v) is 1.36. The molecule has 2 N–H and O–H groups in total. The van der Waals surface area contributed by atoms with Crippen molar-refractivity contribution in [3.63, 3.8) is 0 Å². The number of nitrogens with zero attached hydrogens (tertiary/aromatic N) is 2. The second kappa shape index (κ2) is 2.61. The number of hydrogen-bond donors (Lipinski definition) is 2. The zero-order valence-electron chi connectivity index (χ0n) is 5.98. The molecule has 0 saturated heterocycles. The van der Waals surface area contributed by atoms with Crippen molar-refractivity contribution in [3.05, 3.63) is 12.0 Å². The van der Waals surface area contributed by atoms with E-state index < -0.39 is 5.97 Å². The molecule has 0 fully saturated rings. The third kappa shape index (κ3) is 1.49. The fourth-order valence-corrected chi connectivity index (χ4v) is 0.790. The molecule has 0 amide bonds. The molecule has 1 aromatic heterocycles. The minimum Gasteiger partial charge on any atom is -0.492 e. The van der Waals surface area contributed by atoms with Crippen LogP contribution in [0.5, 0.6) is 5.88 Å². The second-order valence-electron chi connectivity index (χ2n) is 2.20. The molecule has 0 aliphatic heterocycles. The van der Waals surface area contributed by atoms with Gasteiger partial charge in [-0.15, -0.1) is 0 Å². The van der Waals surface area contributed by atoms with Crippen LogP contribution in [0.25, 0.3) is 0 Å². The molecule has 0 atom stereocenters. The standard InChI is InChI=1S/C6H8N2O3/c1-8-3-7-6(11)4(8)2-5(9)10/h3,11H,2H2,1H3,(H,9,10). The molecule has 1 heterocycles. The maximum absolute atomic E-state index is 10.2. The van der Waals surface area contributed by atoms with Crippen LogP contribution >= 0.6 is 0 Å². The van der Waals surface area contributed by atoms with Crippen LogP contribution in [-0.2, 0) is 18.3 Å². The molecule has 60 valence electrons. The van der Waals surface area contributed by atoms with E-state index in [2.05, 4.69) is 4.98 Å². The first-order valence-electron chi connectivity index (χ1n) is 3.02. The van der Waals surface area contributed by atoms with E-state index in [1.54, 1.807) is 7.05 Å². The average molecular weight is 156 g/mol. The van der Waals surface area contributed by atoms with Crippen LogP contribution < -0.4 is 0 Å². The monoisotopic (exact) mass is 156 g/mol. The predicted molar refractivity (Wildman–Crippen MR) is 36.2 cm³/mol. The van der Waals surface area contributed by atoms with Gasteiger partial charge in [0.25, 0.3) is 0 Å². The highest BCUT2D eigenvalue weighted by atomic mass is 16.4. The van der Waals surface area contributed by atoms with Crippen molar-refractivity contribution >= 4 is 5.97 Å². The van der Waals surface area contributed by atoms with Crippen molar-refractivity contribution < 1.29 is 15.0 Å². The van der Waals surface area contributed by atoms with Gasteiger partial charge in [0.15, 0.2) is 0 Å². The van der Waals surface area contributed by atoms with Gasteiger partial charge < -0.3 is 14.8 Å². The van der Waals surface area contributed by atoms with Gasteiger partial charge in [-0.1, -0.05) is 0 Å². The minimum atomic E-state index is -0.982. The molecule has 0 aromatic carbocycles. The summed E-state index contributed by atoms with van der Waals surface area (Å²) in [6.07, 6.45) is 1.16. The molecule has 1 rings (SSSR count). The lowest BCUT2D eigenvalue weighted by Crippen LogP contribution is -2.04. The number of carboxylic acid groups (broad SMARTS) is 1. The Morgan fingerprint density at radius 1 is 1.82 bits per heavy atom. The van der Waals surface area contributed by atoms with Crippen molar-refractivity contribution in [3.8, 4) is 5.88 Å². The highest BCUT2D eigenvalue weighted by Gasteiger charge is 2.10. The number of rotatable bonds is 2. The van der Waals surface area contributed by atoms with Gasteiger partial charge in [0.1, 0.15) is 0 Å². The van der Waals surface area contributed by atoms with Crippen molar-refractivity contribution in [2.75, 3.05) is 0 Å². The number of aromatic nitrogens is 2. The first-order valence-corrected chi connectivity index (χ1v) is 3.02. The highest BCUT2D eigenvalue weighted by Crippen LogP contribution is 2.12. The van der Waals surface area contributed by atoms with Gasteiger partial charge in [-0.25, -0.2) is 4.98 Å². The van der Waals surface area contributed by atoms with Gasteiger partial charge in [0.05, 0.1) is 18.4 Å². The molecule has 0 bridgehead atoms. The summed E-state index contributed by atoms with van der Waals surface area (Å²) < 4.78 is 1.48. The predicted octanol–water partition coefficient (Wildman–Crippen LogP) is -0.247. The van der Waals surface area contributed by atoms with Gasteiger partial charge >= 0.3 is 5.97 Å². The summed E-state index contributed by atoms with van der Waals surface area (Å²) in [6, 6.07) is 0. The Balaban J connectivity index is 2.92. The number of carboxylic acids is 1. The van der Waals surface area contributed by atoms with Gasteiger partial charge in [-0.05, 0) is 0 Å². The topological polar surface area (TPSA) is 75.3 Å². The Morgan fingerprint density at radius 2 is 2.45 bits per heavy atom. The smallest absolute Gasteiger partial charge is 0.309 e. The molecule has 0 aliphatic carbocycles. The summed E-state index contributed by atoms with van der Waals surface area (Å²) in [5.74, 6) is -1.20. The van der Waals surface area contributed by atoms with Crippen LogP contribution in [0.15, 0.2) is 6.33 Å². The number of aliphatic carboxylic acids is 1. The molecule has 5 heteroatoms. The molecule has 1 aromatic rings. The average Bonchev–Trinajstić information content (AvgIpc) is 2.18. The Labute approximate surface area is 62.9 Å². The van der Waals surface area contributed by atoms with Gasteiger partial charge in [-0.2, -0.15) is 0 Å². The number of aryl methyl sites for hydroxylation is 1.